The Bertz CT molecular complexity index is 574. The molecule has 0 aliphatic carbocycles. The molecule has 1 amide bonds. The Labute approximate surface area is 148 Å². The van der Waals surface area contributed by atoms with Crippen molar-refractivity contribution in [3.8, 4) is 0 Å². The van der Waals surface area contributed by atoms with Gasteiger partial charge in [0.1, 0.15) is 5.69 Å². The monoisotopic (exact) mass is 356 g/mol. The molecule has 1 aliphatic rings. The van der Waals surface area contributed by atoms with Gasteiger partial charge in [-0.2, -0.15) is 0 Å². The lowest BCUT2D eigenvalue weighted by molar-refractivity contribution is -0.384. The lowest BCUT2D eigenvalue weighted by Gasteiger charge is -2.34. The van der Waals surface area contributed by atoms with Crippen molar-refractivity contribution in [3.63, 3.8) is 0 Å². The third kappa shape index (κ3) is 4.82. The standard InChI is InChI=1S/C16H24N4O3.ClH/c1-12(17)13-7-9-19(10-8-13)16(21)11-18(2)14-5-3-4-6-15(14)20(22)23;/h3-6,12-13H,7-11,17H2,1-2H3;1H. The maximum atomic E-state index is 12.4. The molecule has 0 saturated carbocycles. The third-order valence-corrected chi connectivity index (χ3v) is 4.50. The SMILES string of the molecule is CC(N)C1CCN(C(=O)CN(C)c2ccccc2[N+](=O)[O-])CC1.Cl. The van der Waals surface area contributed by atoms with Gasteiger partial charge in [0.05, 0.1) is 11.5 Å². The van der Waals surface area contributed by atoms with Gasteiger partial charge in [-0.3, -0.25) is 14.9 Å². The molecule has 2 N–H and O–H groups in total. The molecule has 24 heavy (non-hydrogen) atoms. The third-order valence-electron chi connectivity index (χ3n) is 4.50. The summed E-state index contributed by atoms with van der Waals surface area (Å²) in [6, 6.07) is 6.62. The number of carbonyl (C=O) groups is 1. The lowest BCUT2D eigenvalue weighted by Crippen LogP contribution is -2.45. The fourth-order valence-electron chi connectivity index (χ4n) is 3.00. The van der Waals surface area contributed by atoms with Crippen LogP contribution in [0, 0.1) is 16.0 Å². The number of amides is 1. The summed E-state index contributed by atoms with van der Waals surface area (Å²) in [5, 5.41) is 11.1. The molecule has 134 valence electrons. The number of nitro groups is 1. The van der Waals surface area contributed by atoms with Crippen molar-refractivity contribution < 1.29 is 9.72 Å². The maximum Gasteiger partial charge on any atom is 0.292 e. The van der Waals surface area contributed by atoms with Crippen LogP contribution in [-0.2, 0) is 4.79 Å². The number of benzene rings is 1. The zero-order chi connectivity index (χ0) is 17.0. The average Bonchev–Trinajstić information content (AvgIpc) is 2.54. The maximum absolute atomic E-state index is 12.4. The number of nitro benzene ring substituents is 1. The van der Waals surface area contributed by atoms with Crippen LogP contribution < -0.4 is 10.6 Å². The lowest BCUT2D eigenvalue weighted by atomic mass is 9.91. The van der Waals surface area contributed by atoms with Crippen molar-refractivity contribution in [2.75, 3.05) is 31.6 Å². The van der Waals surface area contributed by atoms with E-state index in [-0.39, 0.29) is 36.6 Å². The van der Waals surface area contributed by atoms with E-state index >= 15 is 0 Å². The number of likely N-dealkylation sites (tertiary alicyclic amines) is 1. The molecule has 0 spiro atoms. The molecule has 7 nitrogen and oxygen atoms in total. The Kier molecular flexibility index (Phi) is 7.44. The predicted octanol–water partition coefficient (Wildman–Crippen LogP) is 2.04. The molecule has 1 aromatic rings. The second-order valence-electron chi connectivity index (χ2n) is 6.18. The summed E-state index contributed by atoms with van der Waals surface area (Å²) in [5.41, 5.74) is 6.38. The highest BCUT2D eigenvalue weighted by Crippen LogP contribution is 2.27. The normalized spacial score (nSPS) is 16.2. The first-order valence-corrected chi connectivity index (χ1v) is 7.88. The summed E-state index contributed by atoms with van der Waals surface area (Å²) in [5.74, 6) is 0.459. The van der Waals surface area contributed by atoms with E-state index < -0.39 is 4.92 Å². The first-order valence-electron chi connectivity index (χ1n) is 7.88. The second kappa shape index (κ2) is 8.84. The highest BCUT2D eigenvalue weighted by molar-refractivity contribution is 5.85. The molecule has 1 atom stereocenters. The summed E-state index contributed by atoms with van der Waals surface area (Å²) in [6.45, 7) is 3.55. The molecule has 0 aromatic heterocycles. The number of halogens is 1. The molecule has 1 aromatic carbocycles. The number of hydrogen-bond donors (Lipinski definition) is 1. The quantitative estimate of drug-likeness (QED) is 0.643. The molecule has 1 fully saturated rings. The summed E-state index contributed by atoms with van der Waals surface area (Å²) in [4.78, 5) is 26.5. The summed E-state index contributed by atoms with van der Waals surface area (Å²) in [6.07, 6.45) is 1.83. The number of piperidine rings is 1. The van der Waals surface area contributed by atoms with Crippen molar-refractivity contribution in [1.29, 1.82) is 0 Å². The van der Waals surface area contributed by atoms with E-state index in [1.807, 2.05) is 11.8 Å². The van der Waals surface area contributed by atoms with Crippen LogP contribution in [0.4, 0.5) is 11.4 Å². The number of rotatable bonds is 5. The van der Waals surface area contributed by atoms with Crippen molar-refractivity contribution in [2.24, 2.45) is 11.7 Å². The Hall–Kier alpha value is -1.86. The average molecular weight is 357 g/mol. The van der Waals surface area contributed by atoms with Gasteiger partial charge in [-0.1, -0.05) is 12.1 Å². The van der Waals surface area contributed by atoms with E-state index in [4.69, 9.17) is 5.73 Å². The molecule has 1 heterocycles. The minimum Gasteiger partial charge on any atom is -0.360 e. The first-order chi connectivity index (χ1) is 10.9. The number of likely N-dealkylation sites (N-methyl/N-ethyl adjacent to an activating group) is 1. The minimum atomic E-state index is -0.426. The van der Waals surface area contributed by atoms with E-state index in [0.717, 1.165) is 12.8 Å². The number of nitrogens with two attached hydrogens (primary N) is 1. The van der Waals surface area contributed by atoms with Crippen LogP contribution in [0.1, 0.15) is 19.8 Å². The van der Waals surface area contributed by atoms with E-state index in [0.29, 0.717) is 24.7 Å². The van der Waals surface area contributed by atoms with Gasteiger partial charge in [0, 0.05) is 32.2 Å². The molecule has 1 aliphatic heterocycles. The number of para-hydroxylation sites is 2. The van der Waals surface area contributed by atoms with Gasteiger partial charge in [0.25, 0.3) is 5.69 Å². The fourth-order valence-corrected chi connectivity index (χ4v) is 3.00. The molecule has 1 saturated heterocycles. The van der Waals surface area contributed by atoms with Gasteiger partial charge >= 0.3 is 0 Å². The van der Waals surface area contributed by atoms with Gasteiger partial charge in [-0.25, -0.2) is 0 Å². The molecular formula is C16H25ClN4O3. The van der Waals surface area contributed by atoms with Gasteiger partial charge in [0.15, 0.2) is 0 Å². The number of anilines is 1. The van der Waals surface area contributed by atoms with Gasteiger partial charge in [-0.15, -0.1) is 12.4 Å². The molecular weight excluding hydrogens is 332 g/mol. The highest BCUT2D eigenvalue weighted by Gasteiger charge is 2.26. The summed E-state index contributed by atoms with van der Waals surface area (Å²) in [7, 11) is 1.70. The van der Waals surface area contributed by atoms with Crippen molar-refractivity contribution in [3.05, 3.63) is 34.4 Å². The van der Waals surface area contributed by atoms with Crippen LogP contribution in [0.5, 0.6) is 0 Å². The van der Waals surface area contributed by atoms with Crippen molar-refractivity contribution >= 4 is 29.7 Å². The molecule has 8 heteroatoms. The van der Waals surface area contributed by atoms with Crippen LogP contribution >= 0.6 is 12.4 Å². The van der Waals surface area contributed by atoms with E-state index in [1.54, 1.807) is 30.1 Å². The van der Waals surface area contributed by atoms with Crippen molar-refractivity contribution in [1.82, 2.24) is 4.90 Å². The Morgan fingerprint density at radius 2 is 2.00 bits per heavy atom. The minimum absolute atomic E-state index is 0. The Morgan fingerprint density at radius 1 is 1.42 bits per heavy atom. The Balaban J connectivity index is 0.00000288. The largest absolute Gasteiger partial charge is 0.360 e. The molecule has 1 unspecified atom stereocenters. The van der Waals surface area contributed by atoms with E-state index in [9.17, 15) is 14.9 Å². The van der Waals surface area contributed by atoms with Gasteiger partial charge < -0.3 is 15.5 Å². The highest BCUT2D eigenvalue weighted by atomic mass is 35.5. The van der Waals surface area contributed by atoms with Crippen LogP contribution in [0.25, 0.3) is 0 Å². The first kappa shape index (κ1) is 20.2. The topological polar surface area (TPSA) is 92.7 Å². The van der Waals surface area contributed by atoms with Crippen LogP contribution in [0.15, 0.2) is 24.3 Å². The number of carbonyl (C=O) groups excluding carboxylic acids is 1. The van der Waals surface area contributed by atoms with Gasteiger partial charge in [-0.05, 0) is 31.7 Å². The molecule has 2 rings (SSSR count). The second-order valence-corrected chi connectivity index (χ2v) is 6.18. The molecule has 0 bridgehead atoms. The number of nitrogens with zero attached hydrogens (tertiary/aromatic N) is 3. The summed E-state index contributed by atoms with van der Waals surface area (Å²) < 4.78 is 0. The zero-order valence-corrected chi connectivity index (χ0v) is 14.9. The van der Waals surface area contributed by atoms with Gasteiger partial charge in [0.2, 0.25) is 5.91 Å². The summed E-state index contributed by atoms with van der Waals surface area (Å²) >= 11 is 0. The number of hydrogen-bond acceptors (Lipinski definition) is 5. The fraction of sp³-hybridized carbons (Fsp3) is 0.562. The van der Waals surface area contributed by atoms with Crippen molar-refractivity contribution in [2.45, 2.75) is 25.8 Å². The molecule has 0 radical (unpaired) electrons. The van der Waals surface area contributed by atoms with Crippen LogP contribution in [0.2, 0.25) is 0 Å². The Morgan fingerprint density at radius 3 is 2.54 bits per heavy atom. The van der Waals surface area contributed by atoms with Crippen LogP contribution in [-0.4, -0.2) is 48.5 Å². The smallest absolute Gasteiger partial charge is 0.292 e. The van der Waals surface area contributed by atoms with E-state index in [2.05, 4.69) is 0 Å². The zero-order valence-electron chi connectivity index (χ0n) is 14.1. The predicted molar refractivity (Wildman–Crippen MR) is 96.6 cm³/mol. The van der Waals surface area contributed by atoms with Crippen LogP contribution in [0.3, 0.4) is 0 Å². The van der Waals surface area contributed by atoms with E-state index in [1.165, 1.54) is 6.07 Å².